The standard InChI is InChI=1S/C56H82N16O16S5/c1-27(2)16-33-49(80)68-37-23-91-90-22-36(47(78)60-20-42(75)63-34(18-30-8-7-15-89-30)50(81)64-31(48(79)65-33)9-5-6-13-57)67-52(83)38(69-53(84)44(28(3)4)71-43(76)21-59-46(77)32-10-11-41(74)62-32)24-92-93-25-39(56(87)88)70-54(85)45-40(73)12-14-72(45)55(86)35(66-51(37)82)17-29-19-58-26-61-29/h7-8,15,19,26-28,31-40,44-45,73H,5-6,9-14,16-18,20-25,57H2,1-4H3,(H,58,61)(H,59,77)(H,60,78)(H,62,74)(H,63,75)(H,64,81)(H,65,79)(H,66,82)(H,67,83)(H,68,80)(H,69,84)(H,70,85)(H,71,76)(H,87,88)/t31-,32-,33-,34-,35-,36-,37-,38-,39-,40-,44-,45-/m0/s1. The lowest BCUT2D eigenvalue weighted by atomic mass is 10.0. The van der Waals surface area contributed by atoms with E-state index in [4.69, 9.17) is 5.73 Å². The molecule has 37 heteroatoms. The molecule has 6 heterocycles. The predicted molar refractivity (Wildman–Crippen MR) is 346 cm³/mol. The van der Waals surface area contributed by atoms with Crippen LogP contribution in [-0.4, -0.2) is 230 Å². The first-order valence-corrected chi connectivity index (χ1v) is 36.1. The molecule has 4 aliphatic heterocycles. The summed E-state index contributed by atoms with van der Waals surface area (Å²) in [6.07, 6.45) is 1.87. The molecule has 0 aromatic carbocycles. The first-order valence-electron chi connectivity index (χ1n) is 30.3. The number of nitrogens with zero attached hydrogens (tertiary/aromatic N) is 2. The average Bonchev–Trinajstić information content (AvgIpc) is 1.73. The number of thiophene rings is 1. The van der Waals surface area contributed by atoms with Gasteiger partial charge in [0.15, 0.2) is 0 Å². The van der Waals surface area contributed by atoms with Gasteiger partial charge in [0.2, 0.25) is 76.8 Å². The Labute approximate surface area is 555 Å². The molecule has 4 saturated heterocycles. The highest BCUT2D eigenvalue weighted by atomic mass is 33.1. The molecule has 12 atom stereocenters. The van der Waals surface area contributed by atoms with Crippen molar-refractivity contribution < 1.29 is 77.3 Å². The number of unbranched alkanes of at least 4 members (excludes halogenated alkanes) is 1. The number of hydrogen-bond donors (Lipinski definition) is 16. The van der Waals surface area contributed by atoms with Crippen LogP contribution in [0.3, 0.4) is 0 Å². The van der Waals surface area contributed by atoms with Crippen molar-refractivity contribution in [2.75, 3.05) is 49.2 Å². The minimum absolute atomic E-state index is 0.00353. The molecule has 0 spiro atoms. The number of carboxylic acid groups (broad SMARTS) is 1. The van der Waals surface area contributed by atoms with Crippen LogP contribution in [0, 0.1) is 11.8 Å². The predicted octanol–water partition coefficient (Wildman–Crippen LogP) is -4.20. The zero-order valence-electron chi connectivity index (χ0n) is 51.6. The van der Waals surface area contributed by atoms with E-state index in [-0.39, 0.29) is 87.1 Å². The Kier molecular flexibility index (Phi) is 29.8. The second-order valence-electron chi connectivity index (χ2n) is 23.2. The maximum absolute atomic E-state index is 14.9. The number of aliphatic hydroxyl groups is 1. The number of amides is 13. The summed E-state index contributed by atoms with van der Waals surface area (Å²) in [5.74, 6) is -14.8. The van der Waals surface area contributed by atoms with Crippen LogP contribution >= 0.6 is 54.5 Å². The van der Waals surface area contributed by atoms with Crippen LogP contribution in [0.25, 0.3) is 0 Å². The number of carboxylic acids is 1. The minimum atomic E-state index is -1.70. The number of nitrogens with one attached hydrogen (secondary N) is 13. The summed E-state index contributed by atoms with van der Waals surface area (Å²) in [7, 11) is 3.54. The average molecular weight is 1400 g/mol. The van der Waals surface area contributed by atoms with Gasteiger partial charge in [0.1, 0.15) is 66.5 Å². The maximum Gasteiger partial charge on any atom is 0.327 e. The van der Waals surface area contributed by atoms with Crippen molar-refractivity contribution in [3.8, 4) is 0 Å². The Morgan fingerprint density at radius 2 is 1.38 bits per heavy atom. The van der Waals surface area contributed by atoms with Crippen molar-refractivity contribution in [3.05, 3.63) is 40.6 Å². The second kappa shape index (κ2) is 37.0. The first-order chi connectivity index (χ1) is 44.3. The lowest BCUT2D eigenvalue weighted by Crippen LogP contribution is -2.61. The van der Waals surface area contributed by atoms with Gasteiger partial charge in [0, 0.05) is 65.6 Å². The smallest absolute Gasteiger partial charge is 0.327 e. The van der Waals surface area contributed by atoms with Gasteiger partial charge < -0.3 is 89.6 Å². The quantitative estimate of drug-likeness (QED) is 0.0497. The highest BCUT2D eigenvalue weighted by Crippen LogP contribution is 2.27. The van der Waals surface area contributed by atoms with Gasteiger partial charge in [-0.3, -0.25) is 62.3 Å². The van der Waals surface area contributed by atoms with Crippen molar-refractivity contribution >= 4 is 137 Å². The zero-order valence-corrected chi connectivity index (χ0v) is 55.7. The second-order valence-corrected chi connectivity index (χ2v) is 29.4. The lowest BCUT2D eigenvalue weighted by Gasteiger charge is -2.31. The number of imidazole rings is 1. The number of hydrogen-bond acceptors (Lipinski definition) is 22. The number of aromatic nitrogens is 2. The number of carbonyl (C=O) groups is 14. The monoisotopic (exact) mass is 1390 g/mol. The molecule has 4 fully saturated rings. The van der Waals surface area contributed by atoms with Crippen molar-refractivity contribution in [2.24, 2.45) is 17.6 Å². The molecule has 17 N–H and O–H groups in total. The van der Waals surface area contributed by atoms with E-state index >= 15 is 0 Å². The van der Waals surface area contributed by atoms with E-state index in [2.05, 4.69) is 73.8 Å². The summed E-state index contributed by atoms with van der Waals surface area (Å²) in [6.45, 7) is 5.38. The molecule has 0 saturated carbocycles. The number of fused-ring (bicyclic) bond motifs is 6. The van der Waals surface area contributed by atoms with Crippen molar-refractivity contribution in [1.82, 2.24) is 78.7 Å². The number of aliphatic hydroxyl groups excluding tert-OH is 1. The molecule has 2 aromatic rings. The SMILES string of the molecule is CC(C)C[C@@H]1NC(=O)[C@H](CCCCN)NC(=O)[C@H](Cc2cccs2)NC(=O)CNC(=O)[C@@H]2CSSC[C@H](NC1=O)C(=O)N[C@@H](Cc1cnc[nH]1)C(=O)N1CC[C@H](O)[C@H]1C(=O)N[C@H](C(=O)O)CSSC[C@H](NC(=O)[C@@H](NC(=O)CNC(=O)[C@@H]1CCC(=O)N1)C(C)C)C(=O)N2. The molecule has 2 aromatic heterocycles. The van der Waals surface area contributed by atoms with E-state index in [1.807, 2.05) is 0 Å². The number of aliphatic carboxylic acids is 1. The Hall–Kier alpha value is -7.19. The van der Waals surface area contributed by atoms with E-state index in [1.54, 1.807) is 45.2 Å². The Morgan fingerprint density at radius 1 is 0.710 bits per heavy atom. The molecule has 0 aliphatic carbocycles. The molecule has 2 bridgehead atoms. The summed E-state index contributed by atoms with van der Waals surface area (Å²) < 4.78 is 0. The zero-order chi connectivity index (χ0) is 67.9. The van der Waals surface area contributed by atoms with Crippen molar-refractivity contribution in [3.63, 3.8) is 0 Å². The normalized spacial score (nSPS) is 26.8. The Morgan fingerprint density at radius 3 is 2.02 bits per heavy atom. The van der Waals surface area contributed by atoms with E-state index < -0.39 is 174 Å². The van der Waals surface area contributed by atoms with E-state index in [0.29, 0.717) is 23.4 Å². The molecule has 32 nitrogen and oxygen atoms in total. The highest BCUT2D eigenvalue weighted by Gasteiger charge is 2.45. The topological polar surface area (TPSA) is 482 Å². The first kappa shape index (κ1) is 74.8. The molecule has 93 heavy (non-hydrogen) atoms. The van der Waals surface area contributed by atoms with E-state index in [0.717, 1.165) is 48.1 Å². The van der Waals surface area contributed by atoms with Gasteiger partial charge >= 0.3 is 5.97 Å². The van der Waals surface area contributed by atoms with Gasteiger partial charge in [-0.25, -0.2) is 9.78 Å². The molecule has 6 rings (SSSR count). The summed E-state index contributed by atoms with van der Waals surface area (Å²) in [5.41, 5.74) is 6.15. The summed E-state index contributed by atoms with van der Waals surface area (Å²) in [6, 6.07) is -12.4. The van der Waals surface area contributed by atoms with Crippen molar-refractivity contribution in [1.29, 1.82) is 0 Å². The van der Waals surface area contributed by atoms with Crippen LogP contribution in [0.15, 0.2) is 30.0 Å². The maximum atomic E-state index is 14.9. The van der Waals surface area contributed by atoms with Crippen molar-refractivity contribution in [2.45, 2.75) is 158 Å². The lowest BCUT2D eigenvalue weighted by molar-refractivity contribution is -0.146. The van der Waals surface area contributed by atoms with Crippen LogP contribution in [0.4, 0.5) is 0 Å². The van der Waals surface area contributed by atoms with Gasteiger partial charge in [0.25, 0.3) is 0 Å². The molecule has 13 amide bonds. The molecular weight excluding hydrogens is 1310 g/mol. The van der Waals surface area contributed by atoms with Crippen LogP contribution in [0.1, 0.15) is 83.2 Å². The summed E-state index contributed by atoms with van der Waals surface area (Å²) in [4.78, 5) is 204. The van der Waals surface area contributed by atoms with Crippen LogP contribution in [0.2, 0.25) is 0 Å². The van der Waals surface area contributed by atoms with Gasteiger partial charge in [-0.2, -0.15) is 0 Å². The number of nitrogens with two attached hydrogens (primary N) is 1. The van der Waals surface area contributed by atoms with Gasteiger partial charge in [0.05, 0.1) is 25.5 Å². The molecule has 512 valence electrons. The largest absolute Gasteiger partial charge is 0.480 e. The van der Waals surface area contributed by atoms with Crippen LogP contribution in [0.5, 0.6) is 0 Å². The molecule has 4 aliphatic rings. The molecular formula is C56H82N16O16S5. The highest BCUT2D eigenvalue weighted by molar-refractivity contribution is 8.77. The number of rotatable bonds is 18. The molecule has 0 unspecified atom stereocenters. The fourth-order valence-electron chi connectivity index (χ4n) is 10.1. The van der Waals surface area contributed by atoms with Gasteiger partial charge in [-0.15, -0.1) is 11.3 Å². The van der Waals surface area contributed by atoms with Crippen LogP contribution < -0.4 is 69.5 Å². The van der Waals surface area contributed by atoms with E-state index in [1.165, 1.54) is 23.9 Å². The fourth-order valence-corrected chi connectivity index (χ4v) is 15.5. The van der Waals surface area contributed by atoms with Gasteiger partial charge in [-0.05, 0) is 68.4 Å². The van der Waals surface area contributed by atoms with Gasteiger partial charge in [-0.1, -0.05) is 76.9 Å². The third-order valence-electron chi connectivity index (χ3n) is 15.1. The molecule has 0 radical (unpaired) electrons. The third kappa shape index (κ3) is 23.4. The number of carbonyl (C=O) groups excluding carboxylic acids is 13. The minimum Gasteiger partial charge on any atom is -0.480 e. The number of H-pyrrole nitrogens is 1. The fraction of sp³-hybridized carbons (Fsp3) is 0.625. The van der Waals surface area contributed by atoms with Crippen LogP contribution in [-0.2, 0) is 80.0 Å². The number of aromatic amines is 1. The summed E-state index contributed by atoms with van der Waals surface area (Å²) >= 11 is 1.29. The Bertz CT molecular complexity index is 2990. The van der Waals surface area contributed by atoms with E-state index in [9.17, 15) is 77.3 Å². The third-order valence-corrected chi connectivity index (χ3v) is 20.9. The summed E-state index contributed by atoms with van der Waals surface area (Å²) in [5, 5.41) is 54.5. The Balaban J connectivity index is 1.40.